The lowest BCUT2D eigenvalue weighted by atomic mass is 10.0. The number of piperazine rings is 1. The Balaban J connectivity index is 1.84. The lowest BCUT2D eigenvalue weighted by molar-refractivity contribution is -0.133. The summed E-state index contributed by atoms with van der Waals surface area (Å²) in [5.41, 5.74) is 1.89. The van der Waals surface area contributed by atoms with Gasteiger partial charge in [-0.1, -0.05) is 48.0 Å². The van der Waals surface area contributed by atoms with Crippen LogP contribution in [0.15, 0.2) is 48.5 Å². The number of hydrogen-bond acceptors (Lipinski definition) is 3. The van der Waals surface area contributed by atoms with Gasteiger partial charge in [-0.2, -0.15) is 0 Å². The molecule has 1 heterocycles. The van der Waals surface area contributed by atoms with E-state index in [1.54, 1.807) is 7.11 Å². The van der Waals surface area contributed by atoms with E-state index in [-0.39, 0.29) is 11.9 Å². The quantitative estimate of drug-likeness (QED) is 0.926. The van der Waals surface area contributed by atoms with Crippen molar-refractivity contribution in [1.82, 2.24) is 10.2 Å². The summed E-state index contributed by atoms with van der Waals surface area (Å²) in [6.45, 7) is 2.18. The molecule has 2 aromatic rings. The maximum Gasteiger partial charge on any atom is 0.227 e. The first-order valence-corrected chi connectivity index (χ1v) is 8.45. The van der Waals surface area contributed by atoms with Gasteiger partial charge in [-0.25, -0.2) is 0 Å². The lowest BCUT2D eigenvalue weighted by Gasteiger charge is -2.37. The third-order valence-corrected chi connectivity index (χ3v) is 4.73. The number of halogens is 1. The molecule has 1 unspecified atom stereocenters. The molecule has 0 aromatic heterocycles. The number of para-hydroxylation sites is 1. The van der Waals surface area contributed by atoms with Crippen molar-refractivity contribution in [2.45, 2.75) is 12.5 Å². The second-order valence-corrected chi connectivity index (χ2v) is 6.22. The van der Waals surface area contributed by atoms with Crippen LogP contribution in [0.3, 0.4) is 0 Å². The maximum absolute atomic E-state index is 12.9. The molecule has 1 atom stereocenters. The second-order valence-electron chi connectivity index (χ2n) is 5.82. The largest absolute Gasteiger partial charge is 0.496 e. The summed E-state index contributed by atoms with van der Waals surface area (Å²) < 4.78 is 5.48. The smallest absolute Gasteiger partial charge is 0.227 e. The van der Waals surface area contributed by atoms with Crippen LogP contribution in [0.1, 0.15) is 17.2 Å². The molecule has 1 amide bonds. The molecule has 126 valence electrons. The molecule has 1 aliphatic rings. The van der Waals surface area contributed by atoms with Gasteiger partial charge in [0.1, 0.15) is 5.75 Å². The number of nitrogens with one attached hydrogen (secondary N) is 1. The van der Waals surface area contributed by atoms with Crippen molar-refractivity contribution in [3.8, 4) is 5.75 Å². The molecule has 2 aromatic carbocycles. The Morgan fingerprint density at radius 3 is 2.79 bits per heavy atom. The molecule has 0 bridgehead atoms. The van der Waals surface area contributed by atoms with Gasteiger partial charge in [0, 0.05) is 30.2 Å². The molecule has 3 rings (SSSR count). The predicted molar refractivity (Wildman–Crippen MR) is 95.5 cm³/mol. The fourth-order valence-corrected chi connectivity index (χ4v) is 3.33. The number of hydrogen-bond donors (Lipinski definition) is 1. The SMILES string of the molecule is COc1ccccc1C1CNCCN1C(=O)Cc1ccccc1Cl. The van der Waals surface area contributed by atoms with Crippen LogP contribution in [0.2, 0.25) is 5.02 Å². The van der Waals surface area contributed by atoms with E-state index in [2.05, 4.69) is 5.32 Å². The van der Waals surface area contributed by atoms with Crippen LogP contribution < -0.4 is 10.1 Å². The van der Waals surface area contributed by atoms with E-state index in [1.807, 2.05) is 53.4 Å². The van der Waals surface area contributed by atoms with Gasteiger partial charge in [0.15, 0.2) is 0 Å². The minimum atomic E-state index is -0.0371. The van der Waals surface area contributed by atoms with Gasteiger partial charge in [-0.05, 0) is 17.7 Å². The summed E-state index contributed by atoms with van der Waals surface area (Å²) in [6, 6.07) is 15.3. The fraction of sp³-hybridized carbons (Fsp3) is 0.316. The average molecular weight is 345 g/mol. The van der Waals surface area contributed by atoms with E-state index in [1.165, 1.54) is 0 Å². The predicted octanol–water partition coefficient (Wildman–Crippen LogP) is 3.06. The first-order valence-electron chi connectivity index (χ1n) is 8.07. The number of carbonyl (C=O) groups excluding carboxylic acids is 1. The summed E-state index contributed by atoms with van der Waals surface area (Å²) in [7, 11) is 1.66. The Labute approximate surface area is 147 Å². The first kappa shape index (κ1) is 16.8. The monoisotopic (exact) mass is 344 g/mol. The summed E-state index contributed by atoms with van der Waals surface area (Å²) in [5.74, 6) is 0.891. The van der Waals surface area contributed by atoms with Gasteiger partial charge in [0.05, 0.1) is 19.6 Å². The van der Waals surface area contributed by atoms with Crippen molar-refractivity contribution in [2.24, 2.45) is 0 Å². The number of benzene rings is 2. The van der Waals surface area contributed by atoms with E-state index in [0.717, 1.165) is 23.4 Å². The Bertz CT molecular complexity index is 720. The number of methoxy groups -OCH3 is 1. The molecule has 0 spiro atoms. The minimum absolute atomic E-state index is 0.0371. The molecule has 0 saturated carbocycles. The summed E-state index contributed by atoms with van der Waals surface area (Å²) >= 11 is 6.21. The molecule has 1 N–H and O–H groups in total. The van der Waals surface area contributed by atoms with Crippen LogP contribution in [-0.2, 0) is 11.2 Å². The minimum Gasteiger partial charge on any atom is -0.496 e. The number of rotatable bonds is 4. The van der Waals surface area contributed by atoms with E-state index >= 15 is 0 Å². The van der Waals surface area contributed by atoms with E-state index in [0.29, 0.717) is 24.5 Å². The summed E-state index contributed by atoms with van der Waals surface area (Å²) in [5, 5.41) is 4.00. The normalized spacial score (nSPS) is 17.6. The maximum atomic E-state index is 12.9. The van der Waals surface area contributed by atoms with Gasteiger partial charge < -0.3 is 15.0 Å². The Morgan fingerprint density at radius 1 is 1.25 bits per heavy atom. The number of carbonyl (C=O) groups is 1. The highest BCUT2D eigenvalue weighted by molar-refractivity contribution is 6.31. The van der Waals surface area contributed by atoms with E-state index < -0.39 is 0 Å². The van der Waals surface area contributed by atoms with Crippen molar-refractivity contribution in [3.63, 3.8) is 0 Å². The van der Waals surface area contributed by atoms with Crippen LogP contribution in [0.4, 0.5) is 0 Å². The first-order chi connectivity index (χ1) is 11.7. The standard InChI is InChI=1S/C19H21ClN2O2/c1-24-18-9-5-3-7-15(18)17-13-21-10-11-22(17)19(23)12-14-6-2-4-8-16(14)20/h2-9,17,21H,10-13H2,1H3. The number of ether oxygens (including phenoxy) is 1. The Morgan fingerprint density at radius 2 is 2.00 bits per heavy atom. The van der Waals surface area contributed by atoms with Gasteiger partial charge >= 0.3 is 0 Å². The number of amides is 1. The van der Waals surface area contributed by atoms with Crippen LogP contribution >= 0.6 is 11.6 Å². The third kappa shape index (κ3) is 3.55. The van der Waals surface area contributed by atoms with Gasteiger partial charge in [0.2, 0.25) is 5.91 Å². The summed E-state index contributed by atoms with van der Waals surface area (Å²) in [6.07, 6.45) is 0.311. The topological polar surface area (TPSA) is 41.6 Å². The lowest BCUT2D eigenvalue weighted by Crippen LogP contribution is -2.49. The van der Waals surface area contributed by atoms with Crippen LogP contribution in [0.25, 0.3) is 0 Å². The van der Waals surface area contributed by atoms with Crippen LogP contribution in [0.5, 0.6) is 5.75 Å². The van der Waals surface area contributed by atoms with Crippen molar-refractivity contribution >= 4 is 17.5 Å². The fourth-order valence-electron chi connectivity index (χ4n) is 3.13. The van der Waals surface area contributed by atoms with Crippen molar-refractivity contribution in [1.29, 1.82) is 0 Å². The molecule has 24 heavy (non-hydrogen) atoms. The Kier molecular flexibility index (Phi) is 5.38. The molecule has 4 nitrogen and oxygen atoms in total. The highest BCUT2D eigenvalue weighted by atomic mass is 35.5. The molecule has 1 aliphatic heterocycles. The van der Waals surface area contributed by atoms with Gasteiger partial charge in [0.25, 0.3) is 0 Å². The number of nitrogens with zero attached hydrogens (tertiary/aromatic N) is 1. The van der Waals surface area contributed by atoms with E-state index in [9.17, 15) is 4.79 Å². The second kappa shape index (κ2) is 7.69. The van der Waals surface area contributed by atoms with Crippen molar-refractivity contribution < 1.29 is 9.53 Å². The van der Waals surface area contributed by atoms with Crippen LogP contribution in [-0.4, -0.2) is 37.6 Å². The van der Waals surface area contributed by atoms with Gasteiger partial charge in [-0.15, -0.1) is 0 Å². The summed E-state index contributed by atoms with van der Waals surface area (Å²) in [4.78, 5) is 14.8. The van der Waals surface area contributed by atoms with Crippen LogP contribution in [0, 0.1) is 0 Å². The van der Waals surface area contributed by atoms with Crippen molar-refractivity contribution in [2.75, 3.05) is 26.7 Å². The molecule has 1 saturated heterocycles. The molecule has 0 radical (unpaired) electrons. The molecule has 5 heteroatoms. The zero-order valence-electron chi connectivity index (χ0n) is 13.7. The van der Waals surface area contributed by atoms with Crippen molar-refractivity contribution in [3.05, 3.63) is 64.7 Å². The highest BCUT2D eigenvalue weighted by Crippen LogP contribution is 2.30. The molecule has 0 aliphatic carbocycles. The molecular formula is C19H21ClN2O2. The average Bonchev–Trinajstić information content (AvgIpc) is 2.63. The molecular weight excluding hydrogens is 324 g/mol. The Hall–Kier alpha value is -2.04. The van der Waals surface area contributed by atoms with Gasteiger partial charge in [-0.3, -0.25) is 4.79 Å². The zero-order valence-corrected chi connectivity index (χ0v) is 14.4. The zero-order chi connectivity index (χ0) is 16.9. The van der Waals surface area contributed by atoms with E-state index in [4.69, 9.17) is 16.3 Å². The third-order valence-electron chi connectivity index (χ3n) is 4.36. The molecule has 1 fully saturated rings. The highest BCUT2D eigenvalue weighted by Gasteiger charge is 2.29.